The van der Waals surface area contributed by atoms with Crippen LogP contribution in [0.15, 0.2) is 36.5 Å². The van der Waals surface area contributed by atoms with Gasteiger partial charge in [0.1, 0.15) is 5.82 Å². The summed E-state index contributed by atoms with van der Waals surface area (Å²) < 4.78 is 23.2. The Hall–Kier alpha value is -2.41. The summed E-state index contributed by atoms with van der Waals surface area (Å²) in [5, 5.41) is 3.22. The zero-order valence-corrected chi connectivity index (χ0v) is 16.0. The van der Waals surface area contributed by atoms with Crippen LogP contribution in [0.4, 0.5) is 11.5 Å². The fourth-order valence-electron chi connectivity index (χ4n) is 3.01. The van der Waals surface area contributed by atoms with E-state index in [0.29, 0.717) is 17.8 Å². The maximum absolute atomic E-state index is 12.6. The summed E-state index contributed by atoms with van der Waals surface area (Å²) in [7, 11) is -1.38. The third kappa shape index (κ3) is 4.04. The molecule has 1 N–H and O–H groups in total. The van der Waals surface area contributed by atoms with Gasteiger partial charge in [-0.25, -0.2) is 13.4 Å². The van der Waals surface area contributed by atoms with Gasteiger partial charge in [0.25, 0.3) is 5.91 Å². The minimum Gasteiger partial charge on any atom is -0.340 e. The zero-order valence-electron chi connectivity index (χ0n) is 15.2. The summed E-state index contributed by atoms with van der Waals surface area (Å²) >= 11 is 0. The number of nitrogens with one attached hydrogen (secondary N) is 1. The SMILES string of the molecule is Cc1ccc(Nc2ccc(C(=O)N(C)C3CCS(=O)(=O)C3)cn2)cc1C. The predicted octanol–water partition coefficient (Wildman–Crippen LogP) is 2.70. The van der Waals surface area contributed by atoms with E-state index in [9.17, 15) is 13.2 Å². The van der Waals surface area contributed by atoms with Gasteiger partial charge < -0.3 is 10.2 Å². The lowest BCUT2D eigenvalue weighted by molar-refractivity contribution is 0.0747. The Morgan fingerprint density at radius 3 is 2.54 bits per heavy atom. The van der Waals surface area contributed by atoms with Crippen molar-refractivity contribution in [1.29, 1.82) is 0 Å². The molecule has 0 bridgehead atoms. The second-order valence-corrected chi connectivity index (χ2v) is 9.06. The number of aryl methyl sites for hydroxylation is 2. The monoisotopic (exact) mass is 373 g/mol. The van der Waals surface area contributed by atoms with Gasteiger partial charge in [0.15, 0.2) is 9.84 Å². The molecule has 0 aliphatic carbocycles. The summed E-state index contributed by atoms with van der Waals surface area (Å²) in [6.07, 6.45) is 2.01. The average molecular weight is 373 g/mol. The van der Waals surface area contributed by atoms with E-state index in [1.165, 1.54) is 22.2 Å². The van der Waals surface area contributed by atoms with E-state index < -0.39 is 9.84 Å². The van der Waals surface area contributed by atoms with Crippen LogP contribution in [0.1, 0.15) is 27.9 Å². The Morgan fingerprint density at radius 2 is 1.96 bits per heavy atom. The van der Waals surface area contributed by atoms with Crippen LogP contribution < -0.4 is 5.32 Å². The summed E-state index contributed by atoms with van der Waals surface area (Å²) in [4.78, 5) is 18.4. The highest BCUT2D eigenvalue weighted by molar-refractivity contribution is 7.91. The molecule has 1 aromatic carbocycles. The maximum atomic E-state index is 12.6. The summed E-state index contributed by atoms with van der Waals surface area (Å²) in [5.41, 5.74) is 3.80. The number of carbonyl (C=O) groups excluding carboxylic acids is 1. The first kappa shape index (κ1) is 18.4. The van der Waals surface area contributed by atoms with Crippen molar-refractivity contribution in [2.45, 2.75) is 26.3 Å². The molecule has 1 aromatic heterocycles. The Labute approximate surface area is 154 Å². The number of amides is 1. The maximum Gasteiger partial charge on any atom is 0.255 e. The van der Waals surface area contributed by atoms with Gasteiger partial charge >= 0.3 is 0 Å². The predicted molar refractivity (Wildman–Crippen MR) is 103 cm³/mol. The first-order chi connectivity index (χ1) is 12.2. The van der Waals surface area contributed by atoms with Crippen molar-refractivity contribution >= 4 is 27.2 Å². The minimum absolute atomic E-state index is 0.0368. The topological polar surface area (TPSA) is 79.4 Å². The second-order valence-electron chi connectivity index (χ2n) is 6.83. The van der Waals surface area contributed by atoms with E-state index in [2.05, 4.69) is 24.1 Å². The molecule has 1 aliphatic rings. The number of sulfone groups is 1. The lowest BCUT2D eigenvalue weighted by Gasteiger charge is -2.23. The van der Waals surface area contributed by atoms with Crippen LogP contribution in [0.25, 0.3) is 0 Å². The summed E-state index contributed by atoms with van der Waals surface area (Å²) in [5.74, 6) is 0.620. The third-order valence-electron chi connectivity index (χ3n) is 4.87. The number of pyridine rings is 1. The number of aromatic nitrogens is 1. The molecule has 2 heterocycles. The van der Waals surface area contributed by atoms with Gasteiger partial charge in [-0.1, -0.05) is 6.07 Å². The van der Waals surface area contributed by atoms with Crippen molar-refractivity contribution in [3.8, 4) is 0 Å². The molecular formula is C19H23N3O3S. The van der Waals surface area contributed by atoms with E-state index >= 15 is 0 Å². The standard InChI is InChI=1S/C19H23N3O3S/c1-13-4-6-16(10-14(13)2)21-18-7-5-15(11-20-18)19(23)22(3)17-8-9-26(24,25)12-17/h4-7,10-11,17H,8-9,12H2,1-3H3,(H,20,21). The average Bonchev–Trinajstić information content (AvgIpc) is 2.97. The molecule has 3 rings (SSSR count). The van der Waals surface area contributed by atoms with Crippen LogP contribution in [0.2, 0.25) is 0 Å². The second kappa shape index (κ2) is 7.07. The van der Waals surface area contributed by atoms with Gasteiger partial charge in [-0.2, -0.15) is 0 Å². The fraction of sp³-hybridized carbons (Fsp3) is 0.368. The molecular weight excluding hydrogens is 350 g/mol. The lowest BCUT2D eigenvalue weighted by Crippen LogP contribution is -2.37. The van der Waals surface area contributed by atoms with Crippen molar-refractivity contribution in [2.24, 2.45) is 0 Å². The number of nitrogens with zero attached hydrogens (tertiary/aromatic N) is 2. The lowest BCUT2D eigenvalue weighted by atomic mass is 10.1. The Morgan fingerprint density at radius 1 is 1.19 bits per heavy atom. The fourth-order valence-corrected chi connectivity index (χ4v) is 4.79. The molecule has 1 atom stereocenters. The van der Waals surface area contributed by atoms with Crippen LogP contribution in [0, 0.1) is 13.8 Å². The number of hydrogen-bond acceptors (Lipinski definition) is 5. The zero-order chi connectivity index (χ0) is 18.9. The molecule has 138 valence electrons. The third-order valence-corrected chi connectivity index (χ3v) is 6.62. The van der Waals surface area contributed by atoms with Gasteiger partial charge in [-0.05, 0) is 55.7 Å². The number of benzene rings is 1. The van der Waals surface area contributed by atoms with Gasteiger partial charge in [0, 0.05) is 25.0 Å². The van der Waals surface area contributed by atoms with Gasteiger partial charge in [-0.3, -0.25) is 4.79 Å². The van der Waals surface area contributed by atoms with Crippen LogP contribution in [-0.2, 0) is 9.84 Å². The van der Waals surface area contributed by atoms with E-state index in [1.807, 2.05) is 18.2 Å². The van der Waals surface area contributed by atoms with Crippen molar-refractivity contribution in [3.63, 3.8) is 0 Å². The highest BCUT2D eigenvalue weighted by atomic mass is 32.2. The largest absolute Gasteiger partial charge is 0.340 e. The first-order valence-electron chi connectivity index (χ1n) is 8.53. The molecule has 1 unspecified atom stereocenters. The molecule has 6 nitrogen and oxygen atoms in total. The van der Waals surface area contributed by atoms with Crippen LogP contribution in [-0.4, -0.2) is 48.8 Å². The van der Waals surface area contributed by atoms with Crippen molar-refractivity contribution in [2.75, 3.05) is 23.9 Å². The molecule has 26 heavy (non-hydrogen) atoms. The van der Waals surface area contributed by atoms with Gasteiger partial charge in [0.05, 0.1) is 17.1 Å². The minimum atomic E-state index is -3.02. The summed E-state index contributed by atoms with van der Waals surface area (Å²) in [6.45, 7) is 4.11. The van der Waals surface area contributed by atoms with Crippen molar-refractivity contribution < 1.29 is 13.2 Å². The quantitative estimate of drug-likeness (QED) is 0.891. The van der Waals surface area contributed by atoms with E-state index in [-0.39, 0.29) is 23.5 Å². The number of rotatable bonds is 4. The van der Waals surface area contributed by atoms with Crippen molar-refractivity contribution in [1.82, 2.24) is 9.88 Å². The smallest absolute Gasteiger partial charge is 0.255 e. The van der Waals surface area contributed by atoms with E-state index in [4.69, 9.17) is 0 Å². The highest BCUT2D eigenvalue weighted by Crippen LogP contribution is 2.20. The number of carbonyl (C=O) groups is 1. The van der Waals surface area contributed by atoms with Crippen LogP contribution >= 0.6 is 0 Å². The number of anilines is 2. The molecule has 0 saturated carbocycles. The molecule has 1 fully saturated rings. The Kier molecular flexibility index (Phi) is 5.00. The molecule has 2 aromatic rings. The van der Waals surface area contributed by atoms with E-state index in [1.54, 1.807) is 19.2 Å². The molecule has 1 amide bonds. The van der Waals surface area contributed by atoms with Crippen LogP contribution in [0.3, 0.4) is 0 Å². The van der Waals surface area contributed by atoms with Gasteiger partial charge in [0.2, 0.25) is 0 Å². The molecule has 1 aliphatic heterocycles. The molecule has 1 saturated heterocycles. The van der Waals surface area contributed by atoms with Crippen molar-refractivity contribution in [3.05, 3.63) is 53.2 Å². The normalized spacial score (nSPS) is 18.5. The number of hydrogen-bond donors (Lipinski definition) is 1. The Bertz CT molecular complexity index is 924. The molecule has 0 radical (unpaired) electrons. The van der Waals surface area contributed by atoms with E-state index in [0.717, 1.165) is 5.69 Å². The molecule has 7 heteroatoms. The summed E-state index contributed by atoms with van der Waals surface area (Å²) in [6, 6.07) is 9.27. The highest BCUT2D eigenvalue weighted by Gasteiger charge is 2.33. The Balaban J connectivity index is 1.68. The molecule has 0 spiro atoms. The van der Waals surface area contributed by atoms with Crippen LogP contribution in [0.5, 0.6) is 0 Å². The first-order valence-corrected chi connectivity index (χ1v) is 10.4. The van der Waals surface area contributed by atoms with Gasteiger partial charge in [-0.15, -0.1) is 0 Å².